The Labute approximate surface area is 121 Å². The maximum Gasteiger partial charge on any atom is 0.120 e. The Kier molecular flexibility index (Phi) is 5.14. The summed E-state index contributed by atoms with van der Waals surface area (Å²) in [7, 11) is 0. The topological polar surface area (TPSA) is 9.23 Å². The third-order valence-corrected chi connectivity index (χ3v) is 4.13. The number of benzene rings is 2. The number of thioether (sulfide) groups is 1. The lowest BCUT2D eigenvalue weighted by molar-refractivity contribution is 0.344. The molecular formula is C15H15BrOS. The summed E-state index contributed by atoms with van der Waals surface area (Å²) in [6.07, 6.45) is 0. The Balaban J connectivity index is 1.78. The minimum atomic E-state index is 0.718. The molecule has 0 heterocycles. The van der Waals surface area contributed by atoms with Gasteiger partial charge in [-0.25, -0.2) is 0 Å². The Morgan fingerprint density at radius 2 is 1.94 bits per heavy atom. The molecule has 0 aliphatic carbocycles. The number of halogens is 1. The molecule has 0 aliphatic heterocycles. The SMILES string of the molecule is Cc1ccccc1SCCOc1cccc(Br)c1. The lowest BCUT2D eigenvalue weighted by atomic mass is 10.2. The van der Waals surface area contributed by atoms with Crippen LogP contribution in [0.3, 0.4) is 0 Å². The number of hydrogen-bond donors (Lipinski definition) is 0. The van der Waals surface area contributed by atoms with Crippen molar-refractivity contribution in [3.05, 3.63) is 58.6 Å². The maximum absolute atomic E-state index is 5.70. The van der Waals surface area contributed by atoms with Crippen LogP contribution in [0.4, 0.5) is 0 Å². The molecule has 94 valence electrons. The van der Waals surface area contributed by atoms with Crippen LogP contribution < -0.4 is 4.74 Å². The first-order valence-corrected chi connectivity index (χ1v) is 7.60. The summed E-state index contributed by atoms with van der Waals surface area (Å²) in [5.41, 5.74) is 1.32. The molecule has 18 heavy (non-hydrogen) atoms. The molecule has 0 saturated carbocycles. The number of rotatable bonds is 5. The highest BCUT2D eigenvalue weighted by Gasteiger charge is 1.99. The van der Waals surface area contributed by atoms with Gasteiger partial charge in [0.25, 0.3) is 0 Å². The fourth-order valence-electron chi connectivity index (χ4n) is 1.59. The number of ether oxygens (including phenoxy) is 1. The lowest BCUT2D eigenvalue weighted by Crippen LogP contribution is -2.00. The molecule has 0 radical (unpaired) electrons. The van der Waals surface area contributed by atoms with Gasteiger partial charge >= 0.3 is 0 Å². The van der Waals surface area contributed by atoms with Gasteiger partial charge in [-0.1, -0.05) is 40.2 Å². The highest BCUT2D eigenvalue weighted by atomic mass is 79.9. The van der Waals surface area contributed by atoms with E-state index >= 15 is 0 Å². The second-order valence-corrected chi connectivity index (χ2v) is 5.97. The summed E-state index contributed by atoms with van der Waals surface area (Å²) >= 11 is 5.27. The third kappa shape index (κ3) is 4.07. The summed E-state index contributed by atoms with van der Waals surface area (Å²) in [5, 5.41) is 0. The predicted octanol–water partition coefficient (Wildman–Crippen LogP) is 4.93. The third-order valence-electron chi connectivity index (χ3n) is 2.50. The standard InChI is InChI=1S/C15H15BrOS/c1-12-5-2-3-8-15(12)18-10-9-17-14-7-4-6-13(16)11-14/h2-8,11H,9-10H2,1H3. The minimum absolute atomic E-state index is 0.718. The molecule has 2 aromatic carbocycles. The van der Waals surface area contributed by atoms with Gasteiger partial charge in [0.05, 0.1) is 6.61 Å². The maximum atomic E-state index is 5.70. The fourth-order valence-corrected chi connectivity index (χ4v) is 2.82. The highest BCUT2D eigenvalue weighted by molar-refractivity contribution is 9.10. The van der Waals surface area contributed by atoms with E-state index in [1.807, 2.05) is 36.0 Å². The predicted molar refractivity (Wildman–Crippen MR) is 81.5 cm³/mol. The molecule has 0 atom stereocenters. The van der Waals surface area contributed by atoms with Crippen molar-refractivity contribution in [2.75, 3.05) is 12.4 Å². The van der Waals surface area contributed by atoms with E-state index in [0.29, 0.717) is 0 Å². The van der Waals surface area contributed by atoms with E-state index in [1.54, 1.807) is 0 Å². The molecular weight excluding hydrogens is 308 g/mol. The zero-order chi connectivity index (χ0) is 12.8. The largest absolute Gasteiger partial charge is 0.493 e. The Bertz CT molecular complexity index is 513. The average molecular weight is 323 g/mol. The molecule has 0 N–H and O–H groups in total. The molecule has 3 heteroatoms. The van der Waals surface area contributed by atoms with Crippen molar-refractivity contribution >= 4 is 27.7 Å². The van der Waals surface area contributed by atoms with Crippen molar-refractivity contribution in [3.8, 4) is 5.75 Å². The molecule has 0 fully saturated rings. The van der Waals surface area contributed by atoms with Crippen molar-refractivity contribution in [1.82, 2.24) is 0 Å². The first kappa shape index (κ1) is 13.5. The van der Waals surface area contributed by atoms with Crippen molar-refractivity contribution in [1.29, 1.82) is 0 Å². The molecule has 0 spiro atoms. The molecule has 0 bridgehead atoms. The van der Waals surface area contributed by atoms with E-state index < -0.39 is 0 Å². The van der Waals surface area contributed by atoms with Gasteiger partial charge < -0.3 is 4.74 Å². The summed E-state index contributed by atoms with van der Waals surface area (Å²) in [4.78, 5) is 1.33. The van der Waals surface area contributed by atoms with Gasteiger partial charge in [0.1, 0.15) is 5.75 Å². The monoisotopic (exact) mass is 322 g/mol. The van der Waals surface area contributed by atoms with Crippen LogP contribution in [0.15, 0.2) is 57.9 Å². The summed E-state index contributed by atoms with van der Waals surface area (Å²) in [5.74, 6) is 1.87. The van der Waals surface area contributed by atoms with Gasteiger partial charge in [0.15, 0.2) is 0 Å². The van der Waals surface area contributed by atoms with Crippen LogP contribution in [0, 0.1) is 6.92 Å². The minimum Gasteiger partial charge on any atom is -0.493 e. The molecule has 0 aromatic heterocycles. The molecule has 0 saturated heterocycles. The number of hydrogen-bond acceptors (Lipinski definition) is 2. The van der Waals surface area contributed by atoms with Crippen LogP contribution in [0.25, 0.3) is 0 Å². The smallest absolute Gasteiger partial charge is 0.120 e. The van der Waals surface area contributed by atoms with Crippen LogP contribution in [0.2, 0.25) is 0 Å². The Morgan fingerprint density at radius 1 is 1.11 bits per heavy atom. The number of aryl methyl sites for hydroxylation is 1. The lowest BCUT2D eigenvalue weighted by Gasteiger charge is -2.07. The molecule has 0 amide bonds. The molecule has 0 aliphatic rings. The van der Waals surface area contributed by atoms with Crippen molar-refractivity contribution < 1.29 is 4.74 Å². The van der Waals surface area contributed by atoms with E-state index in [-0.39, 0.29) is 0 Å². The summed E-state index contributed by atoms with van der Waals surface area (Å²) < 4.78 is 6.75. The highest BCUT2D eigenvalue weighted by Crippen LogP contribution is 2.22. The van der Waals surface area contributed by atoms with E-state index in [4.69, 9.17) is 4.74 Å². The van der Waals surface area contributed by atoms with Gasteiger partial charge in [-0.05, 0) is 36.8 Å². The Hall–Kier alpha value is -0.930. The average Bonchev–Trinajstić information content (AvgIpc) is 2.37. The molecule has 0 unspecified atom stereocenters. The first-order valence-electron chi connectivity index (χ1n) is 5.82. The van der Waals surface area contributed by atoms with Gasteiger partial charge in [-0.15, -0.1) is 11.8 Å². The molecule has 2 rings (SSSR count). The van der Waals surface area contributed by atoms with Gasteiger partial charge in [-0.2, -0.15) is 0 Å². The van der Waals surface area contributed by atoms with Crippen LogP contribution in [-0.2, 0) is 0 Å². The Morgan fingerprint density at radius 3 is 2.72 bits per heavy atom. The van der Waals surface area contributed by atoms with Crippen LogP contribution in [0.1, 0.15) is 5.56 Å². The van der Waals surface area contributed by atoms with Crippen molar-refractivity contribution in [3.63, 3.8) is 0 Å². The van der Waals surface area contributed by atoms with E-state index in [1.165, 1.54) is 10.5 Å². The fraction of sp³-hybridized carbons (Fsp3) is 0.200. The second-order valence-electron chi connectivity index (χ2n) is 3.92. The first-order chi connectivity index (χ1) is 8.75. The summed E-state index contributed by atoms with van der Waals surface area (Å²) in [6.45, 7) is 2.85. The molecule has 1 nitrogen and oxygen atoms in total. The van der Waals surface area contributed by atoms with Crippen LogP contribution in [0.5, 0.6) is 5.75 Å². The zero-order valence-corrected chi connectivity index (χ0v) is 12.6. The molecule has 2 aromatic rings. The second kappa shape index (κ2) is 6.86. The van der Waals surface area contributed by atoms with E-state index in [9.17, 15) is 0 Å². The van der Waals surface area contributed by atoms with Crippen molar-refractivity contribution in [2.45, 2.75) is 11.8 Å². The van der Waals surface area contributed by atoms with Gasteiger partial charge in [0, 0.05) is 15.1 Å². The zero-order valence-electron chi connectivity index (χ0n) is 10.2. The van der Waals surface area contributed by atoms with Crippen LogP contribution >= 0.6 is 27.7 Å². The van der Waals surface area contributed by atoms with E-state index in [2.05, 4.69) is 47.1 Å². The van der Waals surface area contributed by atoms with Gasteiger partial charge in [-0.3, -0.25) is 0 Å². The summed E-state index contributed by atoms with van der Waals surface area (Å²) in [6, 6.07) is 16.4. The van der Waals surface area contributed by atoms with E-state index in [0.717, 1.165) is 22.6 Å². The normalized spacial score (nSPS) is 10.3. The van der Waals surface area contributed by atoms with Gasteiger partial charge in [0.2, 0.25) is 0 Å². The van der Waals surface area contributed by atoms with Crippen molar-refractivity contribution in [2.24, 2.45) is 0 Å². The quantitative estimate of drug-likeness (QED) is 0.570. The van der Waals surface area contributed by atoms with Crippen LogP contribution in [-0.4, -0.2) is 12.4 Å².